The van der Waals surface area contributed by atoms with E-state index in [2.05, 4.69) is 5.32 Å². The average molecular weight is 493 g/mol. The Morgan fingerprint density at radius 2 is 1.53 bits per heavy atom. The molecule has 0 aliphatic rings. The van der Waals surface area contributed by atoms with Gasteiger partial charge in [-0.2, -0.15) is 17.5 Å². The number of hydrogen-bond acceptors (Lipinski definition) is 4. The van der Waals surface area contributed by atoms with Crippen LogP contribution in [0.4, 0.5) is 13.2 Å². The van der Waals surface area contributed by atoms with Crippen molar-refractivity contribution in [3.05, 3.63) is 95.6 Å². The van der Waals surface area contributed by atoms with Crippen LogP contribution in [0.25, 0.3) is 0 Å². The van der Waals surface area contributed by atoms with Crippen molar-refractivity contribution < 1.29 is 31.1 Å². The van der Waals surface area contributed by atoms with Crippen molar-refractivity contribution in [2.24, 2.45) is 0 Å². The number of nitrogens with one attached hydrogen (secondary N) is 1. The fourth-order valence-electron chi connectivity index (χ4n) is 3.24. The normalized spacial score (nSPS) is 11.9. The van der Waals surface area contributed by atoms with Gasteiger partial charge in [-0.1, -0.05) is 54.6 Å². The maximum atomic E-state index is 13.5. The summed E-state index contributed by atoms with van der Waals surface area (Å²) in [5.74, 6) is -0.0154. The molecule has 0 aliphatic carbocycles. The number of benzene rings is 3. The van der Waals surface area contributed by atoms with Gasteiger partial charge >= 0.3 is 6.18 Å². The summed E-state index contributed by atoms with van der Waals surface area (Å²) in [6, 6.07) is 19.2. The maximum absolute atomic E-state index is 13.5. The molecule has 0 atom stereocenters. The Morgan fingerprint density at radius 1 is 0.912 bits per heavy atom. The van der Waals surface area contributed by atoms with Gasteiger partial charge in [0, 0.05) is 13.1 Å². The summed E-state index contributed by atoms with van der Waals surface area (Å²) in [5, 5.41) is 2.61. The minimum absolute atomic E-state index is 0.112. The second kappa shape index (κ2) is 10.7. The molecule has 0 bridgehead atoms. The van der Waals surface area contributed by atoms with Crippen molar-refractivity contribution in [2.45, 2.75) is 24.2 Å². The first kappa shape index (κ1) is 25.3. The minimum atomic E-state index is -4.88. The molecule has 0 spiro atoms. The molecule has 0 aromatic heterocycles. The van der Waals surface area contributed by atoms with Crippen molar-refractivity contribution >= 4 is 15.9 Å². The van der Waals surface area contributed by atoms with Crippen molar-refractivity contribution in [3.8, 4) is 5.75 Å². The number of sulfonamides is 1. The molecule has 0 radical (unpaired) electrons. The summed E-state index contributed by atoms with van der Waals surface area (Å²) >= 11 is 0. The summed E-state index contributed by atoms with van der Waals surface area (Å²) in [5.41, 5.74) is -0.0146. The fourth-order valence-corrected chi connectivity index (χ4v) is 4.83. The molecule has 3 aromatic rings. The standard InChI is InChI=1S/C24H23F3N2O4S/c1-33-20-13-11-18(12-14-20)15-28-23(30)17-29(16-19-7-3-2-4-8-19)34(31,32)22-10-6-5-9-21(22)24(25,26)27/h2-14H,15-17H2,1H3,(H,28,30). The SMILES string of the molecule is COc1ccc(CNC(=O)CN(Cc2ccccc2)S(=O)(=O)c2ccccc2C(F)(F)F)cc1. The second-order valence-electron chi connectivity index (χ2n) is 7.38. The Kier molecular flexibility index (Phi) is 7.95. The molecule has 34 heavy (non-hydrogen) atoms. The quantitative estimate of drug-likeness (QED) is 0.485. The molecule has 0 unspecified atom stereocenters. The van der Waals surface area contributed by atoms with Gasteiger partial charge < -0.3 is 10.1 Å². The van der Waals surface area contributed by atoms with E-state index in [4.69, 9.17) is 4.74 Å². The van der Waals surface area contributed by atoms with Crippen molar-refractivity contribution in [2.75, 3.05) is 13.7 Å². The molecule has 6 nitrogen and oxygen atoms in total. The van der Waals surface area contributed by atoms with Gasteiger partial charge in [0.1, 0.15) is 5.75 Å². The number of methoxy groups -OCH3 is 1. The molecule has 0 saturated heterocycles. The third kappa shape index (κ3) is 6.36. The number of carbonyl (C=O) groups excluding carboxylic acids is 1. The molecule has 3 aromatic carbocycles. The van der Waals surface area contributed by atoms with Crippen LogP contribution in [0.15, 0.2) is 83.8 Å². The molecule has 180 valence electrons. The maximum Gasteiger partial charge on any atom is 0.417 e. The number of nitrogens with zero attached hydrogens (tertiary/aromatic N) is 1. The summed E-state index contributed by atoms with van der Waals surface area (Å²) in [4.78, 5) is 11.7. The number of hydrogen-bond donors (Lipinski definition) is 1. The van der Waals surface area contributed by atoms with E-state index < -0.39 is 39.1 Å². The lowest BCUT2D eigenvalue weighted by Crippen LogP contribution is -2.40. The lowest BCUT2D eigenvalue weighted by Gasteiger charge is -2.24. The number of alkyl halides is 3. The van der Waals surface area contributed by atoms with Crippen molar-refractivity contribution in [3.63, 3.8) is 0 Å². The zero-order chi connectivity index (χ0) is 24.8. The molecular weight excluding hydrogens is 469 g/mol. The second-order valence-corrected chi connectivity index (χ2v) is 9.28. The summed E-state index contributed by atoms with van der Waals surface area (Å²) in [6.07, 6.45) is -4.88. The van der Waals surface area contributed by atoms with Gasteiger partial charge in [-0.15, -0.1) is 0 Å². The van der Waals surface area contributed by atoms with Crippen LogP contribution in [0.2, 0.25) is 0 Å². The zero-order valence-corrected chi connectivity index (χ0v) is 19.1. The molecule has 1 N–H and O–H groups in total. The highest BCUT2D eigenvalue weighted by Crippen LogP contribution is 2.35. The first-order chi connectivity index (χ1) is 16.1. The first-order valence-electron chi connectivity index (χ1n) is 10.2. The predicted molar refractivity (Wildman–Crippen MR) is 120 cm³/mol. The number of amides is 1. The third-order valence-corrected chi connectivity index (χ3v) is 6.83. The largest absolute Gasteiger partial charge is 0.497 e. The third-order valence-electron chi connectivity index (χ3n) is 4.98. The van der Waals surface area contributed by atoms with Crippen LogP contribution >= 0.6 is 0 Å². The fraction of sp³-hybridized carbons (Fsp3) is 0.208. The van der Waals surface area contributed by atoms with Crippen molar-refractivity contribution in [1.29, 1.82) is 0 Å². The van der Waals surface area contributed by atoms with Crippen molar-refractivity contribution in [1.82, 2.24) is 9.62 Å². The highest BCUT2D eigenvalue weighted by atomic mass is 32.2. The van der Waals surface area contributed by atoms with Crippen LogP contribution in [0.3, 0.4) is 0 Å². The Hall–Kier alpha value is -3.37. The van der Waals surface area contributed by atoms with E-state index in [-0.39, 0.29) is 13.1 Å². The van der Waals surface area contributed by atoms with E-state index in [1.165, 1.54) is 13.2 Å². The van der Waals surface area contributed by atoms with E-state index in [1.54, 1.807) is 54.6 Å². The van der Waals surface area contributed by atoms with Crippen LogP contribution in [-0.2, 0) is 34.1 Å². The van der Waals surface area contributed by atoms with Gasteiger partial charge in [0.2, 0.25) is 15.9 Å². The van der Waals surface area contributed by atoms with Crippen LogP contribution in [-0.4, -0.2) is 32.3 Å². The van der Waals surface area contributed by atoms with E-state index in [9.17, 15) is 26.4 Å². The van der Waals surface area contributed by atoms with Crippen LogP contribution < -0.4 is 10.1 Å². The van der Waals surface area contributed by atoms with Gasteiger partial charge in [0.05, 0.1) is 24.1 Å². The first-order valence-corrected chi connectivity index (χ1v) is 11.6. The molecule has 10 heteroatoms. The molecule has 0 heterocycles. The van der Waals surface area contributed by atoms with Gasteiger partial charge in [0.25, 0.3) is 0 Å². The Bertz CT molecular complexity index is 1210. The molecule has 0 fully saturated rings. The molecule has 0 aliphatic heterocycles. The van der Waals surface area contributed by atoms with Crippen LogP contribution in [0.1, 0.15) is 16.7 Å². The zero-order valence-electron chi connectivity index (χ0n) is 18.2. The van der Waals surface area contributed by atoms with Gasteiger partial charge in [0.15, 0.2) is 0 Å². The number of rotatable bonds is 9. The number of carbonyl (C=O) groups is 1. The summed E-state index contributed by atoms with van der Waals surface area (Å²) in [7, 11) is -3.14. The highest BCUT2D eigenvalue weighted by molar-refractivity contribution is 7.89. The lowest BCUT2D eigenvalue weighted by atomic mass is 10.2. The van der Waals surface area contributed by atoms with E-state index in [0.29, 0.717) is 17.4 Å². The summed E-state index contributed by atoms with van der Waals surface area (Å²) in [6.45, 7) is -0.813. The number of ether oxygens (including phenoxy) is 1. The van der Waals surface area contributed by atoms with E-state index in [0.717, 1.165) is 22.0 Å². The Labute approximate surface area is 196 Å². The Balaban J connectivity index is 1.86. The number of halogens is 3. The van der Waals surface area contributed by atoms with Gasteiger partial charge in [-0.25, -0.2) is 8.42 Å². The molecule has 1 amide bonds. The topological polar surface area (TPSA) is 75.7 Å². The monoisotopic (exact) mass is 492 g/mol. The van der Waals surface area contributed by atoms with E-state index in [1.807, 2.05) is 0 Å². The van der Waals surface area contributed by atoms with E-state index >= 15 is 0 Å². The smallest absolute Gasteiger partial charge is 0.417 e. The van der Waals surface area contributed by atoms with Gasteiger partial charge in [-0.05, 0) is 35.4 Å². The summed E-state index contributed by atoms with van der Waals surface area (Å²) < 4.78 is 73.0. The Morgan fingerprint density at radius 3 is 2.15 bits per heavy atom. The van der Waals surface area contributed by atoms with Crippen LogP contribution in [0, 0.1) is 0 Å². The molecule has 3 rings (SSSR count). The lowest BCUT2D eigenvalue weighted by molar-refractivity contribution is -0.139. The molecule has 0 saturated carbocycles. The average Bonchev–Trinajstić information content (AvgIpc) is 2.83. The highest BCUT2D eigenvalue weighted by Gasteiger charge is 2.39. The van der Waals surface area contributed by atoms with Crippen LogP contribution in [0.5, 0.6) is 5.75 Å². The van der Waals surface area contributed by atoms with Gasteiger partial charge in [-0.3, -0.25) is 4.79 Å². The molecular formula is C24H23F3N2O4S. The predicted octanol–water partition coefficient (Wildman–Crippen LogP) is 4.22. The minimum Gasteiger partial charge on any atom is -0.497 e.